The third-order valence-corrected chi connectivity index (χ3v) is 6.07. The van der Waals surface area contributed by atoms with Crippen molar-refractivity contribution in [3.05, 3.63) is 79.7 Å². The van der Waals surface area contributed by atoms with E-state index in [-0.39, 0.29) is 17.7 Å². The van der Waals surface area contributed by atoms with Crippen molar-refractivity contribution in [2.45, 2.75) is 6.04 Å². The molecule has 24 heavy (non-hydrogen) atoms. The fourth-order valence-electron chi connectivity index (χ4n) is 3.45. The fraction of sp³-hybridized carbons (Fsp3) is 0.105. The van der Waals surface area contributed by atoms with Crippen molar-refractivity contribution in [1.29, 1.82) is 0 Å². The van der Waals surface area contributed by atoms with Crippen LogP contribution >= 0.6 is 47.8 Å². The van der Waals surface area contributed by atoms with Gasteiger partial charge < -0.3 is 0 Å². The van der Waals surface area contributed by atoms with Crippen molar-refractivity contribution in [1.82, 2.24) is 0 Å². The molecule has 0 saturated heterocycles. The molecule has 4 rings (SSSR count). The SMILES string of the molecule is O=C1c2cc(Br)ccc2[NH+](c2ccc(Br)cc2)C2C=CC(Br)=CC12. The minimum Gasteiger partial charge on any atom is -0.293 e. The summed E-state index contributed by atoms with van der Waals surface area (Å²) in [6.07, 6.45) is 6.20. The predicted octanol–water partition coefficient (Wildman–Crippen LogP) is 5.09. The van der Waals surface area contributed by atoms with E-state index in [1.54, 1.807) is 0 Å². The molecular weight excluding hydrogens is 498 g/mol. The molecule has 0 radical (unpaired) electrons. The van der Waals surface area contributed by atoms with Crippen molar-refractivity contribution in [2.24, 2.45) is 5.92 Å². The molecule has 0 fully saturated rings. The molecule has 0 spiro atoms. The van der Waals surface area contributed by atoms with Crippen molar-refractivity contribution >= 4 is 64.9 Å². The molecule has 1 aliphatic heterocycles. The monoisotopic (exact) mass is 508 g/mol. The van der Waals surface area contributed by atoms with Gasteiger partial charge in [-0.3, -0.25) is 9.69 Å². The fourth-order valence-corrected chi connectivity index (χ4v) is 4.52. The number of carbonyl (C=O) groups excluding carboxylic acids is 1. The van der Waals surface area contributed by atoms with E-state index in [0.717, 1.165) is 30.4 Å². The van der Waals surface area contributed by atoms with Gasteiger partial charge in [0.05, 0.1) is 11.5 Å². The first-order chi connectivity index (χ1) is 11.5. The van der Waals surface area contributed by atoms with Crippen molar-refractivity contribution < 1.29 is 9.69 Å². The summed E-state index contributed by atoms with van der Waals surface area (Å²) in [5.74, 6) is 0.0169. The van der Waals surface area contributed by atoms with Gasteiger partial charge in [0.1, 0.15) is 17.4 Å². The molecule has 1 aliphatic carbocycles. The maximum Gasteiger partial charge on any atom is 0.182 e. The van der Waals surface area contributed by atoms with Crippen LogP contribution in [-0.4, -0.2) is 11.8 Å². The lowest BCUT2D eigenvalue weighted by Gasteiger charge is -2.36. The normalized spacial score (nSPS) is 25.0. The number of ketones is 1. The second-order valence-electron chi connectivity index (χ2n) is 5.94. The van der Waals surface area contributed by atoms with Crippen LogP contribution in [0.2, 0.25) is 0 Å². The van der Waals surface area contributed by atoms with E-state index in [4.69, 9.17) is 0 Å². The van der Waals surface area contributed by atoms with Crippen LogP contribution in [-0.2, 0) is 0 Å². The first-order valence-electron chi connectivity index (χ1n) is 7.57. The molecule has 120 valence electrons. The minimum atomic E-state index is -0.162. The molecule has 2 aliphatic rings. The summed E-state index contributed by atoms with van der Waals surface area (Å²) in [5, 5.41) is 0. The quantitative estimate of drug-likeness (QED) is 0.567. The third-order valence-electron chi connectivity index (χ3n) is 4.52. The van der Waals surface area contributed by atoms with Gasteiger partial charge in [-0.05, 0) is 36.4 Å². The number of fused-ring (bicyclic) bond motifs is 2. The standard InChI is InChI=1S/C19H12Br3NO/c20-11-1-5-14(6-2-11)23-17-7-3-12(21)9-15(17)19(24)16-10-13(22)4-8-18(16)23/h1-10,15,17H/p+1. The number of carbonyl (C=O) groups is 1. The Hall–Kier alpha value is -1.01. The summed E-state index contributed by atoms with van der Waals surface area (Å²) in [7, 11) is 0. The number of halogens is 3. The summed E-state index contributed by atoms with van der Waals surface area (Å²) in [4.78, 5) is 14.2. The summed E-state index contributed by atoms with van der Waals surface area (Å²) in [6.45, 7) is 0. The maximum absolute atomic E-state index is 13.0. The van der Waals surface area contributed by atoms with E-state index in [0.29, 0.717) is 0 Å². The zero-order valence-corrected chi connectivity index (χ0v) is 17.2. The Labute approximate surface area is 165 Å². The number of quaternary nitrogens is 1. The highest BCUT2D eigenvalue weighted by Gasteiger charge is 2.44. The topological polar surface area (TPSA) is 21.5 Å². The average molecular weight is 511 g/mol. The van der Waals surface area contributed by atoms with Crippen molar-refractivity contribution in [3.8, 4) is 0 Å². The lowest BCUT2D eigenvalue weighted by atomic mass is 9.81. The summed E-state index contributed by atoms with van der Waals surface area (Å²) >= 11 is 10.5. The molecule has 2 nitrogen and oxygen atoms in total. The number of hydrogen-bond donors (Lipinski definition) is 1. The van der Waals surface area contributed by atoms with Gasteiger partial charge in [-0.2, -0.15) is 0 Å². The molecule has 3 unspecified atom stereocenters. The smallest absolute Gasteiger partial charge is 0.182 e. The number of nitrogens with one attached hydrogen (secondary N) is 1. The van der Waals surface area contributed by atoms with Gasteiger partial charge in [-0.15, -0.1) is 0 Å². The molecule has 1 N–H and O–H groups in total. The Kier molecular flexibility index (Phi) is 4.37. The first kappa shape index (κ1) is 16.5. The number of rotatable bonds is 1. The minimum absolute atomic E-state index is 0.0636. The van der Waals surface area contributed by atoms with Gasteiger partial charge in [-0.1, -0.05) is 53.9 Å². The first-order valence-corrected chi connectivity index (χ1v) is 9.95. The van der Waals surface area contributed by atoms with Gasteiger partial charge in [0.2, 0.25) is 0 Å². The third kappa shape index (κ3) is 2.77. The number of hydrogen-bond acceptors (Lipinski definition) is 1. The van der Waals surface area contributed by atoms with Gasteiger partial charge in [-0.25, -0.2) is 0 Å². The van der Waals surface area contributed by atoms with Gasteiger partial charge >= 0.3 is 0 Å². The molecule has 3 atom stereocenters. The molecule has 0 amide bonds. The van der Waals surface area contributed by atoms with Gasteiger partial charge in [0.25, 0.3) is 0 Å². The molecular formula is C19H13Br3NO+. The molecule has 2 aromatic rings. The number of benzene rings is 2. The van der Waals surface area contributed by atoms with E-state index < -0.39 is 0 Å². The van der Waals surface area contributed by atoms with Crippen LogP contribution in [0.4, 0.5) is 11.4 Å². The molecule has 2 aromatic carbocycles. The number of Topliss-reactive ketones (excluding diaryl/α,β-unsaturated/α-hetero) is 1. The molecule has 0 saturated carbocycles. The van der Waals surface area contributed by atoms with Crippen LogP contribution in [0.3, 0.4) is 0 Å². The largest absolute Gasteiger partial charge is 0.293 e. The predicted molar refractivity (Wildman–Crippen MR) is 106 cm³/mol. The van der Waals surface area contributed by atoms with Crippen LogP contribution in [0.15, 0.2) is 74.1 Å². The zero-order chi connectivity index (χ0) is 16.8. The van der Waals surface area contributed by atoms with Crippen LogP contribution < -0.4 is 4.90 Å². The van der Waals surface area contributed by atoms with E-state index >= 15 is 0 Å². The van der Waals surface area contributed by atoms with Crippen LogP contribution in [0.5, 0.6) is 0 Å². The highest BCUT2D eigenvalue weighted by atomic mass is 79.9. The van der Waals surface area contributed by atoms with Crippen molar-refractivity contribution in [2.75, 3.05) is 0 Å². The Morgan fingerprint density at radius 2 is 1.62 bits per heavy atom. The van der Waals surface area contributed by atoms with E-state index in [2.05, 4.69) is 66.0 Å². The van der Waals surface area contributed by atoms with Gasteiger partial charge in [0.15, 0.2) is 5.78 Å². The van der Waals surface area contributed by atoms with Crippen LogP contribution in [0.1, 0.15) is 10.4 Å². The second-order valence-corrected chi connectivity index (χ2v) is 8.68. The highest BCUT2D eigenvalue weighted by molar-refractivity contribution is 9.12. The molecule has 5 heteroatoms. The van der Waals surface area contributed by atoms with E-state index in [1.807, 2.05) is 42.5 Å². The maximum atomic E-state index is 13.0. The van der Waals surface area contributed by atoms with E-state index in [9.17, 15) is 4.79 Å². The lowest BCUT2D eigenvalue weighted by molar-refractivity contribution is -0.787. The highest BCUT2D eigenvalue weighted by Crippen LogP contribution is 2.33. The van der Waals surface area contributed by atoms with Crippen LogP contribution in [0, 0.1) is 5.92 Å². The summed E-state index contributed by atoms with van der Waals surface area (Å²) < 4.78 is 2.94. The van der Waals surface area contributed by atoms with Crippen molar-refractivity contribution in [3.63, 3.8) is 0 Å². The molecule has 0 bridgehead atoms. The van der Waals surface area contributed by atoms with E-state index in [1.165, 1.54) is 4.90 Å². The summed E-state index contributed by atoms with van der Waals surface area (Å²) in [6, 6.07) is 14.4. The van der Waals surface area contributed by atoms with Gasteiger partial charge in [0, 0.05) is 31.6 Å². The summed E-state index contributed by atoms with van der Waals surface area (Å²) in [5.41, 5.74) is 2.97. The second kappa shape index (κ2) is 6.37. The Balaban J connectivity index is 1.93. The number of allylic oxidation sites excluding steroid dienone is 2. The average Bonchev–Trinajstić information content (AvgIpc) is 2.57. The lowest BCUT2D eigenvalue weighted by Crippen LogP contribution is -3.09. The Morgan fingerprint density at radius 3 is 2.38 bits per heavy atom. The molecule has 0 aromatic heterocycles. The molecule has 1 heterocycles. The Morgan fingerprint density at radius 1 is 0.917 bits per heavy atom. The Bertz CT molecular complexity index is 886. The zero-order valence-electron chi connectivity index (χ0n) is 12.5. The van der Waals surface area contributed by atoms with Crippen LogP contribution in [0.25, 0.3) is 0 Å².